The number of likely N-dealkylation sites (tertiary alicyclic amines) is 1. The molecule has 20 heavy (non-hydrogen) atoms. The first-order valence-electron chi connectivity index (χ1n) is 7.28. The normalized spacial score (nSPS) is 21.6. The van der Waals surface area contributed by atoms with Crippen molar-refractivity contribution in [1.82, 2.24) is 10.2 Å². The van der Waals surface area contributed by atoms with Gasteiger partial charge in [0.25, 0.3) is 0 Å². The number of hydrogen-bond donors (Lipinski definition) is 2. The molecule has 1 aromatic carbocycles. The number of piperidine rings is 1. The van der Waals surface area contributed by atoms with Gasteiger partial charge in [0.1, 0.15) is 6.04 Å². The number of nitrogens with one attached hydrogen (secondary N) is 1. The topological polar surface area (TPSA) is 52.6 Å². The molecular formula is C16H24N2O2. The van der Waals surface area contributed by atoms with Gasteiger partial charge in [-0.3, -0.25) is 9.69 Å². The summed E-state index contributed by atoms with van der Waals surface area (Å²) in [5, 5.41) is 12.2. The first-order valence-corrected chi connectivity index (χ1v) is 7.28. The third-order valence-corrected chi connectivity index (χ3v) is 4.08. The Labute approximate surface area is 120 Å². The maximum Gasteiger partial charge on any atom is 0.321 e. The predicted octanol–water partition coefficient (Wildman–Crippen LogP) is 1.88. The van der Waals surface area contributed by atoms with Gasteiger partial charge in [0.2, 0.25) is 0 Å². The van der Waals surface area contributed by atoms with Gasteiger partial charge in [-0.05, 0) is 44.8 Å². The Morgan fingerprint density at radius 1 is 1.55 bits per heavy atom. The highest BCUT2D eigenvalue weighted by Crippen LogP contribution is 2.21. The molecule has 1 aliphatic heterocycles. The lowest BCUT2D eigenvalue weighted by Crippen LogP contribution is -2.48. The van der Waals surface area contributed by atoms with Gasteiger partial charge >= 0.3 is 5.97 Å². The minimum Gasteiger partial charge on any atom is -0.480 e. The van der Waals surface area contributed by atoms with E-state index in [2.05, 4.69) is 41.4 Å². The second-order valence-electron chi connectivity index (χ2n) is 5.73. The van der Waals surface area contributed by atoms with Crippen LogP contribution in [0.25, 0.3) is 0 Å². The van der Waals surface area contributed by atoms with Crippen molar-refractivity contribution in [2.45, 2.75) is 32.4 Å². The summed E-state index contributed by atoms with van der Waals surface area (Å²) in [7, 11) is 1.73. The number of benzene rings is 1. The molecule has 1 heterocycles. The summed E-state index contributed by atoms with van der Waals surface area (Å²) in [4.78, 5) is 13.6. The SMILES string of the molecule is CNC(C(=O)O)C1CCCN(Cc2cccc(C)c2)C1. The third-order valence-electron chi connectivity index (χ3n) is 4.08. The van der Waals surface area contributed by atoms with Crippen LogP contribution in [0, 0.1) is 12.8 Å². The summed E-state index contributed by atoms with van der Waals surface area (Å²) in [6, 6.07) is 8.10. The Morgan fingerprint density at radius 2 is 2.35 bits per heavy atom. The van der Waals surface area contributed by atoms with E-state index in [0.717, 1.165) is 32.5 Å². The first-order chi connectivity index (χ1) is 9.60. The van der Waals surface area contributed by atoms with E-state index in [9.17, 15) is 9.90 Å². The van der Waals surface area contributed by atoms with Gasteiger partial charge in [0, 0.05) is 13.1 Å². The van der Waals surface area contributed by atoms with Crippen molar-refractivity contribution >= 4 is 5.97 Å². The number of hydrogen-bond acceptors (Lipinski definition) is 3. The number of aryl methyl sites for hydroxylation is 1. The van der Waals surface area contributed by atoms with Crippen LogP contribution in [0.2, 0.25) is 0 Å². The van der Waals surface area contributed by atoms with Crippen molar-refractivity contribution in [2.24, 2.45) is 5.92 Å². The maximum absolute atomic E-state index is 11.3. The molecule has 110 valence electrons. The molecule has 1 saturated heterocycles. The maximum atomic E-state index is 11.3. The highest BCUT2D eigenvalue weighted by Gasteiger charge is 2.30. The average molecular weight is 276 g/mol. The highest BCUT2D eigenvalue weighted by atomic mass is 16.4. The fourth-order valence-electron chi connectivity index (χ4n) is 3.14. The van der Waals surface area contributed by atoms with E-state index < -0.39 is 12.0 Å². The molecule has 4 heteroatoms. The molecule has 0 amide bonds. The van der Waals surface area contributed by atoms with Crippen molar-refractivity contribution in [3.8, 4) is 0 Å². The summed E-state index contributed by atoms with van der Waals surface area (Å²) < 4.78 is 0. The molecule has 2 unspecified atom stereocenters. The van der Waals surface area contributed by atoms with Crippen LogP contribution in [0.15, 0.2) is 24.3 Å². The van der Waals surface area contributed by atoms with Gasteiger partial charge in [-0.2, -0.15) is 0 Å². The van der Waals surface area contributed by atoms with Crippen molar-refractivity contribution < 1.29 is 9.90 Å². The quantitative estimate of drug-likeness (QED) is 0.862. The predicted molar refractivity (Wildman–Crippen MR) is 79.7 cm³/mol. The van der Waals surface area contributed by atoms with Crippen LogP contribution in [-0.2, 0) is 11.3 Å². The fraction of sp³-hybridized carbons (Fsp3) is 0.562. The van der Waals surface area contributed by atoms with E-state index in [1.54, 1.807) is 7.05 Å². The number of likely N-dealkylation sites (N-methyl/N-ethyl adjacent to an activating group) is 1. The molecular weight excluding hydrogens is 252 g/mol. The molecule has 0 spiro atoms. The highest BCUT2D eigenvalue weighted by molar-refractivity contribution is 5.73. The molecule has 0 radical (unpaired) electrons. The Morgan fingerprint density at radius 3 is 3.00 bits per heavy atom. The van der Waals surface area contributed by atoms with Crippen LogP contribution in [0.1, 0.15) is 24.0 Å². The number of rotatable bonds is 5. The minimum absolute atomic E-state index is 0.191. The van der Waals surface area contributed by atoms with Crippen molar-refractivity contribution in [2.75, 3.05) is 20.1 Å². The second kappa shape index (κ2) is 6.86. The zero-order valence-electron chi connectivity index (χ0n) is 12.3. The van der Waals surface area contributed by atoms with E-state index in [1.165, 1.54) is 11.1 Å². The zero-order chi connectivity index (χ0) is 14.5. The van der Waals surface area contributed by atoms with Gasteiger partial charge in [-0.25, -0.2) is 0 Å². The molecule has 1 aromatic rings. The van der Waals surface area contributed by atoms with Crippen LogP contribution in [-0.4, -0.2) is 42.2 Å². The zero-order valence-corrected chi connectivity index (χ0v) is 12.3. The van der Waals surface area contributed by atoms with Gasteiger partial charge in [0.15, 0.2) is 0 Å². The van der Waals surface area contributed by atoms with Crippen LogP contribution in [0.4, 0.5) is 0 Å². The third kappa shape index (κ3) is 3.81. The molecule has 4 nitrogen and oxygen atoms in total. The molecule has 0 saturated carbocycles. The van der Waals surface area contributed by atoms with E-state index in [4.69, 9.17) is 0 Å². The monoisotopic (exact) mass is 276 g/mol. The molecule has 2 rings (SSSR count). The minimum atomic E-state index is -0.741. The molecule has 0 bridgehead atoms. The first kappa shape index (κ1) is 15.0. The fourth-order valence-corrected chi connectivity index (χ4v) is 3.14. The molecule has 1 fully saturated rings. The van der Waals surface area contributed by atoms with E-state index in [-0.39, 0.29) is 5.92 Å². The smallest absolute Gasteiger partial charge is 0.321 e. The van der Waals surface area contributed by atoms with Crippen molar-refractivity contribution in [3.63, 3.8) is 0 Å². The average Bonchev–Trinajstić information content (AvgIpc) is 2.39. The lowest BCUT2D eigenvalue weighted by Gasteiger charge is -2.35. The van der Waals surface area contributed by atoms with Gasteiger partial charge < -0.3 is 10.4 Å². The Bertz CT molecular complexity index is 462. The summed E-state index contributed by atoms with van der Waals surface area (Å²) in [6.07, 6.45) is 2.06. The largest absolute Gasteiger partial charge is 0.480 e. The van der Waals surface area contributed by atoms with Crippen molar-refractivity contribution in [1.29, 1.82) is 0 Å². The van der Waals surface area contributed by atoms with Crippen molar-refractivity contribution in [3.05, 3.63) is 35.4 Å². The second-order valence-corrected chi connectivity index (χ2v) is 5.73. The summed E-state index contributed by atoms with van der Waals surface area (Å²) in [6.45, 7) is 4.92. The van der Waals surface area contributed by atoms with E-state index >= 15 is 0 Å². The number of nitrogens with zero attached hydrogens (tertiary/aromatic N) is 1. The molecule has 0 aromatic heterocycles. The number of aliphatic carboxylic acids is 1. The van der Waals surface area contributed by atoms with E-state index in [0.29, 0.717) is 0 Å². The number of carboxylic acid groups (broad SMARTS) is 1. The molecule has 1 aliphatic rings. The molecule has 2 N–H and O–H groups in total. The van der Waals surface area contributed by atoms with E-state index in [1.807, 2.05) is 0 Å². The summed E-state index contributed by atoms with van der Waals surface area (Å²) in [5.74, 6) is -0.550. The Balaban J connectivity index is 1.98. The lowest BCUT2D eigenvalue weighted by molar-refractivity contribution is -0.141. The molecule has 0 aliphatic carbocycles. The van der Waals surface area contributed by atoms with Gasteiger partial charge in [-0.1, -0.05) is 29.8 Å². The Hall–Kier alpha value is -1.39. The number of carboxylic acids is 1. The summed E-state index contributed by atoms with van der Waals surface area (Å²) >= 11 is 0. The van der Waals surface area contributed by atoms with Crippen LogP contribution in [0.5, 0.6) is 0 Å². The van der Waals surface area contributed by atoms with Gasteiger partial charge in [-0.15, -0.1) is 0 Å². The summed E-state index contributed by atoms with van der Waals surface area (Å²) in [5.41, 5.74) is 2.58. The number of carbonyl (C=O) groups is 1. The van der Waals surface area contributed by atoms with Crippen LogP contribution < -0.4 is 5.32 Å². The Kier molecular flexibility index (Phi) is 5.15. The van der Waals surface area contributed by atoms with Crippen LogP contribution in [0.3, 0.4) is 0 Å². The van der Waals surface area contributed by atoms with Gasteiger partial charge in [0.05, 0.1) is 0 Å². The lowest BCUT2D eigenvalue weighted by atomic mass is 9.90. The molecule has 2 atom stereocenters. The standard InChI is InChI=1S/C16H24N2O2/c1-12-5-3-6-13(9-12)10-18-8-4-7-14(11-18)15(17-2)16(19)20/h3,5-6,9,14-15,17H,4,7-8,10-11H2,1-2H3,(H,19,20). The van der Waals surface area contributed by atoms with Crippen LogP contribution >= 0.6 is 0 Å².